The minimum Gasteiger partial charge on any atom is -0.122 e. The van der Waals surface area contributed by atoms with Gasteiger partial charge in [0, 0.05) is 0 Å². The van der Waals surface area contributed by atoms with Crippen molar-refractivity contribution in [3.63, 3.8) is 0 Å². The van der Waals surface area contributed by atoms with Crippen molar-refractivity contribution in [1.82, 2.24) is 0 Å². The molecule has 4 unspecified atom stereocenters. The van der Waals surface area contributed by atoms with E-state index in [9.17, 15) is 0 Å². The summed E-state index contributed by atoms with van der Waals surface area (Å²) in [5, 5.41) is 0. The molecular formula is C6H16P2. The molecule has 0 radical (unpaired) electrons. The Balaban J connectivity index is 3.29. The molecule has 0 aliphatic carbocycles. The molecule has 0 aliphatic heterocycles. The molecule has 0 rings (SSSR count). The summed E-state index contributed by atoms with van der Waals surface area (Å²) in [6, 6.07) is 0. The van der Waals surface area contributed by atoms with Gasteiger partial charge in [0.05, 0.1) is 0 Å². The van der Waals surface area contributed by atoms with Crippen molar-refractivity contribution >= 4 is 17.2 Å². The van der Waals surface area contributed by atoms with Gasteiger partial charge < -0.3 is 0 Å². The zero-order valence-electron chi connectivity index (χ0n) is 6.15. The monoisotopic (exact) mass is 150 g/mol. The van der Waals surface area contributed by atoms with Crippen LogP contribution in [0.3, 0.4) is 0 Å². The summed E-state index contributed by atoms with van der Waals surface area (Å²) in [6.45, 7) is 9.28. The van der Waals surface area contributed by atoms with Crippen LogP contribution in [0.15, 0.2) is 0 Å². The maximum Gasteiger partial charge on any atom is -0.0205 e. The molecule has 0 saturated carbocycles. The molecule has 2 heteroatoms. The van der Waals surface area contributed by atoms with E-state index in [1.54, 1.807) is 0 Å². The first-order chi connectivity index (χ1) is 3.72. The fraction of sp³-hybridized carbons (Fsp3) is 1.00. The van der Waals surface area contributed by atoms with Gasteiger partial charge in [-0.3, -0.25) is 0 Å². The largest absolute Gasteiger partial charge is 0.122 e. The van der Waals surface area contributed by atoms with Crippen LogP contribution in [0.2, 0.25) is 0 Å². The molecule has 0 saturated heterocycles. The molecule has 0 N–H and O–H groups in total. The highest BCUT2D eigenvalue weighted by atomic mass is 31.1. The predicted molar refractivity (Wildman–Crippen MR) is 47.4 cm³/mol. The molecule has 0 aliphatic rings. The first-order valence-corrected chi connectivity index (χ1v) is 6.22. The summed E-state index contributed by atoms with van der Waals surface area (Å²) < 4.78 is 0. The van der Waals surface area contributed by atoms with E-state index in [1.165, 1.54) is 0 Å². The maximum atomic E-state index is 2.35. The van der Waals surface area contributed by atoms with Crippen molar-refractivity contribution in [2.24, 2.45) is 0 Å². The Morgan fingerprint density at radius 2 is 1.12 bits per heavy atom. The molecule has 0 amide bonds. The first kappa shape index (κ1) is 8.86. The van der Waals surface area contributed by atoms with Crippen molar-refractivity contribution in [2.75, 3.05) is 13.3 Å². The second-order valence-corrected chi connectivity index (χ2v) is 5.13. The van der Waals surface area contributed by atoms with Gasteiger partial charge in [-0.1, -0.05) is 13.8 Å². The van der Waals surface area contributed by atoms with Gasteiger partial charge in [-0.05, 0) is 24.6 Å². The predicted octanol–water partition coefficient (Wildman–Crippen LogP) is 2.38. The Labute approximate surface area is 56.4 Å². The number of rotatable bonds is 3. The lowest BCUT2D eigenvalue weighted by atomic mass is 10.4. The lowest BCUT2D eigenvalue weighted by Crippen LogP contribution is -2.07. The highest BCUT2D eigenvalue weighted by molar-refractivity contribution is 7.42. The van der Waals surface area contributed by atoms with Gasteiger partial charge in [-0.15, -0.1) is 17.2 Å². The number of hydrogen-bond donors (Lipinski definition) is 0. The average molecular weight is 150 g/mol. The minimum absolute atomic E-state index is 0.957. The summed E-state index contributed by atoms with van der Waals surface area (Å²) in [4.78, 5) is 0. The fourth-order valence-corrected chi connectivity index (χ4v) is 2.50. The molecule has 50 valence electrons. The van der Waals surface area contributed by atoms with Crippen LogP contribution in [0, 0.1) is 0 Å². The fourth-order valence-electron chi connectivity index (χ4n) is 0.500. The quantitative estimate of drug-likeness (QED) is 0.542. The van der Waals surface area contributed by atoms with Gasteiger partial charge >= 0.3 is 0 Å². The van der Waals surface area contributed by atoms with Crippen LogP contribution >= 0.6 is 17.2 Å². The van der Waals surface area contributed by atoms with E-state index in [1.807, 2.05) is 0 Å². The first-order valence-electron chi connectivity index (χ1n) is 3.07. The zero-order chi connectivity index (χ0) is 6.57. The molecular weight excluding hydrogens is 134 g/mol. The van der Waals surface area contributed by atoms with Gasteiger partial charge in [-0.2, -0.15) is 0 Å². The summed E-state index contributed by atoms with van der Waals surface area (Å²) in [5.74, 6) is 0. The average Bonchev–Trinajstić information content (AvgIpc) is 1.84. The normalized spacial score (nSPS) is 21.0. The van der Waals surface area contributed by atoms with Crippen molar-refractivity contribution in [3.05, 3.63) is 0 Å². The van der Waals surface area contributed by atoms with E-state index in [-0.39, 0.29) is 0 Å². The standard InChI is InChI=1S/C6H16P2/c1-5(7-3)6(2)8-4/h5-8H,1-4H3. The van der Waals surface area contributed by atoms with Crippen molar-refractivity contribution < 1.29 is 0 Å². The molecule has 0 nitrogen and oxygen atoms in total. The summed E-state index contributed by atoms with van der Waals surface area (Å²) in [6.07, 6.45) is 0. The van der Waals surface area contributed by atoms with Crippen LogP contribution < -0.4 is 0 Å². The van der Waals surface area contributed by atoms with E-state index in [0.717, 1.165) is 28.5 Å². The van der Waals surface area contributed by atoms with E-state index in [0.29, 0.717) is 0 Å². The van der Waals surface area contributed by atoms with Gasteiger partial charge in [0.15, 0.2) is 0 Å². The summed E-state index contributed by atoms with van der Waals surface area (Å²) in [5.41, 5.74) is 1.91. The molecule has 0 bridgehead atoms. The van der Waals surface area contributed by atoms with Crippen LogP contribution in [0.1, 0.15) is 13.8 Å². The highest BCUT2D eigenvalue weighted by Gasteiger charge is 2.05. The molecule has 0 aromatic rings. The van der Waals surface area contributed by atoms with E-state index in [2.05, 4.69) is 27.2 Å². The molecule has 0 fully saturated rings. The van der Waals surface area contributed by atoms with Gasteiger partial charge in [-0.25, -0.2) is 0 Å². The second kappa shape index (κ2) is 4.71. The van der Waals surface area contributed by atoms with Crippen LogP contribution in [0.5, 0.6) is 0 Å². The SMILES string of the molecule is CPC(C)C(C)PC. The highest BCUT2D eigenvalue weighted by Crippen LogP contribution is 2.27. The Hall–Kier alpha value is 0.860. The van der Waals surface area contributed by atoms with Crippen LogP contribution in [0.4, 0.5) is 0 Å². The Morgan fingerprint density at radius 1 is 0.875 bits per heavy atom. The lowest BCUT2D eigenvalue weighted by molar-refractivity contribution is 0.918. The maximum absolute atomic E-state index is 2.35. The van der Waals surface area contributed by atoms with E-state index < -0.39 is 0 Å². The molecule has 8 heavy (non-hydrogen) atoms. The van der Waals surface area contributed by atoms with E-state index >= 15 is 0 Å². The summed E-state index contributed by atoms with van der Waals surface area (Å²) >= 11 is 0. The van der Waals surface area contributed by atoms with Crippen LogP contribution in [-0.2, 0) is 0 Å². The number of hydrogen-bond acceptors (Lipinski definition) is 0. The zero-order valence-corrected chi connectivity index (χ0v) is 8.15. The van der Waals surface area contributed by atoms with Crippen molar-refractivity contribution in [1.29, 1.82) is 0 Å². The van der Waals surface area contributed by atoms with Gasteiger partial charge in [0.1, 0.15) is 0 Å². The van der Waals surface area contributed by atoms with Crippen molar-refractivity contribution in [2.45, 2.75) is 25.2 Å². The molecule has 0 spiro atoms. The van der Waals surface area contributed by atoms with E-state index in [4.69, 9.17) is 0 Å². The molecule has 0 aromatic carbocycles. The molecule has 0 heterocycles. The van der Waals surface area contributed by atoms with Gasteiger partial charge in [0.25, 0.3) is 0 Å². The lowest BCUT2D eigenvalue weighted by Gasteiger charge is -2.14. The smallest absolute Gasteiger partial charge is 0.0205 e. The van der Waals surface area contributed by atoms with Gasteiger partial charge in [0.2, 0.25) is 0 Å². The second-order valence-electron chi connectivity index (χ2n) is 2.15. The third kappa shape index (κ3) is 3.00. The Morgan fingerprint density at radius 3 is 1.25 bits per heavy atom. The minimum atomic E-state index is 0.957. The Kier molecular flexibility index (Phi) is 5.22. The molecule has 0 aromatic heterocycles. The topological polar surface area (TPSA) is 0 Å². The van der Waals surface area contributed by atoms with Crippen LogP contribution in [-0.4, -0.2) is 24.6 Å². The summed E-state index contributed by atoms with van der Waals surface area (Å²) in [7, 11) is 2.25. The van der Waals surface area contributed by atoms with Crippen molar-refractivity contribution in [3.8, 4) is 0 Å². The Bertz CT molecular complexity index is 46.5. The third-order valence-electron chi connectivity index (χ3n) is 1.66. The molecule has 4 atom stereocenters. The van der Waals surface area contributed by atoms with Crippen LogP contribution in [0.25, 0.3) is 0 Å². The third-order valence-corrected chi connectivity index (χ3v) is 4.82.